The highest BCUT2D eigenvalue weighted by Gasteiger charge is 2.22. The number of aryl methyl sites for hydroxylation is 1. The van der Waals surface area contributed by atoms with Crippen LogP contribution >= 0.6 is 0 Å². The smallest absolute Gasteiger partial charge is 0.127 e. The molecule has 0 N–H and O–H groups in total. The largest absolute Gasteiger partial charge is 0.303 e. The first-order chi connectivity index (χ1) is 6.72. The Bertz CT molecular complexity index is 371. The summed E-state index contributed by atoms with van der Waals surface area (Å²) in [5, 5.41) is 0. The van der Waals surface area contributed by atoms with Gasteiger partial charge in [0.1, 0.15) is 12.1 Å². The standard InChI is InChI=1S/C12H13FO/c1-8-5-11-9(7-14)3-2-4-10(11)12(13)6-8/h5-7,9H,2-4H2,1H3. The fourth-order valence-electron chi connectivity index (χ4n) is 2.19. The zero-order valence-electron chi connectivity index (χ0n) is 8.22. The molecule has 1 aliphatic rings. The Morgan fingerprint density at radius 3 is 3.00 bits per heavy atom. The van der Waals surface area contributed by atoms with E-state index >= 15 is 0 Å². The highest BCUT2D eigenvalue weighted by atomic mass is 19.1. The van der Waals surface area contributed by atoms with E-state index in [1.807, 2.05) is 13.0 Å². The summed E-state index contributed by atoms with van der Waals surface area (Å²) < 4.78 is 13.5. The molecule has 1 aromatic rings. The zero-order chi connectivity index (χ0) is 10.1. The van der Waals surface area contributed by atoms with E-state index in [9.17, 15) is 9.18 Å². The molecule has 0 spiro atoms. The second-order valence-electron chi connectivity index (χ2n) is 3.95. The van der Waals surface area contributed by atoms with Gasteiger partial charge < -0.3 is 4.79 Å². The van der Waals surface area contributed by atoms with E-state index < -0.39 is 0 Å². The first-order valence-corrected chi connectivity index (χ1v) is 4.96. The lowest BCUT2D eigenvalue weighted by molar-refractivity contribution is -0.109. The Morgan fingerprint density at radius 1 is 1.50 bits per heavy atom. The third-order valence-electron chi connectivity index (χ3n) is 2.88. The van der Waals surface area contributed by atoms with Gasteiger partial charge in [-0.3, -0.25) is 0 Å². The highest BCUT2D eigenvalue weighted by molar-refractivity contribution is 5.64. The fourth-order valence-corrected chi connectivity index (χ4v) is 2.19. The molecule has 2 rings (SSSR count). The summed E-state index contributed by atoms with van der Waals surface area (Å²) in [4.78, 5) is 10.8. The molecule has 0 aromatic heterocycles. The lowest BCUT2D eigenvalue weighted by Gasteiger charge is -2.22. The van der Waals surface area contributed by atoms with Crippen LogP contribution < -0.4 is 0 Å². The maximum Gasteiger partial charge on any atom is 0.127 e. The van der Waals surface area contributed by atoms with Crippen LogP contribution in [0.1, 0.15) is 35.4 Å². The number of aldehydes is 1. The molecule has 1 unspecified atom stereocenters. The normalized spacial score (nSPS) is 20.3. The molecule has 1 nitrogen and oxygen atoms in total. The van der Waals surface area contributed by atoms with Crippen molar-refractivity contribution in [1.29, 1.82) is 0 Å². The van der Waals surface area contributed by atoms with E-state index in [4.69, 9.17) is 0 Å². The molecule has 0 amide bonds. The minimum absolute atomic E-state index is 0.0897. The van der Waals surface area contributed by atoms with Gasteiger partial charge in [-0.05, 0) is 48.9 Å². The number of hydrogen-bond donors (Lipinski definition) is 0. The average molecular weight is 192 g/mol. The van der Waals surface area contributed by atoms with Gasteiger partial charge in [0.15, 0.2) is 0 Å². The van der Waals surface area contributed by atoms with E-state index in [0.29, 0.717) is 0 Å². The van der Waals surface area contributed by atoms with Gasteiger partial charge in [-0.1, -0.05) is 6.07 Å². The van der Waals surface area contributed by atoms with Gasteiger partial charge in [-0.25, -0.2) is 4.39 Å². The van der Waals surface area contributed by atoms with Crippen LogP contribution in [-0.2, 0) is 11.2 Å². The minimum Gasteiger partial charge on any atom is -0.303 e. The number of hydrogen-bond acceptors (Lipinski definition) is 1. The lowest BCUT2D eigenvalue weighted by atomic mass is 9.82. The monoisotopic (exact) mass is 192 g/mol. The fraction of sp³-hybridized carbons (Fsp3) is 0.417. The van der Waals surface area contributed by atoms with E-state index in [0.717, 1.165) is 42.2 Å². The van der Waals surface area contributed by atoms with Crippen molar-refractivity contribution in [2.45, 2.75) is 32.1 Å². The van der Waals surface area contributed by atoms with Crippen molar-refractivity contribution < 1.29 is 9.18 Å². The van der Waals surface area contributed by atoms with Crippen molar-refractivity contribution in [3.05, 3.63) is 34.6 Å². The maximum atomic E-state index is 13.5. The Hall–Kier alpha value is -1.18. The first-order valence-electron chi connectivity index (χ1n) is 4.96. The van der Waals surface area contributed by atoms with Crippen LogP contribution in [0.15, 0.2) is 12.1 Å². The second kappa shape index (κ2) is 3.52. The van der Waals surface area contributed by atoms with E-state index in [2.05, 4.69) is 0 Å². The molecule has 14 heavy (non-hydrogen) atoms. The summed E-state index contributed by atoms with van der Waals surface area (Å²) in [6.07, 6.45) is 3.48. The third kappa shape index (κ3) is 1.45. The number of carbonyl (C=O) groups is 1. The predicted octanol–water partition coefficient (Wildman–Crippen LogP) is 2.75. The first kappa shape index (κ1) is 9.38. The van der Waals surface area contributed by atoms with Crippen molar-refractivity contribution in [3.63, 3.8) is 0 Å². The summed E-state index contributed by atoms with van der Waals surface area (Å²) in [7, 11) is 0. The van der Waals surface area contributed by atoms with Crippen molar-refractivity contribution >= 4 is 6.29 Å². The SMILES string of the molecule is Cc1cc(F)c2c(c1)C(C=O)CCC2. The maximum absolute atomic E-state index is 13.5. The lowest BCUT2D eigenvalue weighted by Crippen LogP contribution is -2.12. The molecule has 0 radical (unpaired) electrons. The van der Waals surface area contributed by atoms with Gasteiger partial charge in [0, 0.05) is 5.92 Å². The quantitative estimate of drug-likeness (QED) is 0.625. The predicted molar refractivity (Wildman–Crippen MR) is 52.9 cm³/mol. The van der Waals surface area contributed by atoms with Crippen LogP contribution in [0.3, 0.4) is 0 Å². The van der Waals surface area contributed by atoms with Gasteiger partial charge in [0.2, 0.25) is 0 Å². The molecule has 74 valence electrons. The minimum atomic E-state index is -0.147. The summed E-state index contributed by atoms with van der Waals surface area (Å²) in [5.41, 5.74) is 2.55. The molecular weight excluding hydrogens is 179 g/mol. The highest BCUT2D eigenvalue weighted by Crippen LogP contribution is 2.32. The molecule has 0 aliphatic heterocycles. The Balaban J connectivity index is 2.56. The second-order valence-corrected chi connectivity index (χ2v) is 3.95. The Kier molecular flexibility index (Phi) is 2.36. The molecule has 1 aliphatic carbocycles. The summed E-state index contributed by atoms with van der Waals surface area (Å²) in [5.74, 6) is -0.236. The van der Waals surface area contributed by atoms with Crippen molar-refractivity contribution in [1.82, 2.24) is 0 Å². The van der Waals surface area contributed by atoms with Gasteiger partial charge in [0.05, 0.1) is 0 Å². The average Bonchev–Trinajstić information content (AvgIpc) is 2.17. The zero-order valence-corrected chi connectivity index (χ0v) is 8.22. The molecule has 1 aromatic carbocycles. The van der Waals surface area contributed by atoms with Crippen molar-refractivity contribution in [2.75, 3.05) is 0 Å². The van der Waals surface area contributed by atoms with Crippen molar-refractivity contribution in [2.24, 2.45) is 0 Å². The number of rotatable bonds is 1. The third-order valence-corrected chi connectivity index (χ3v) is 2.88. The van der Waals surface area contributed by atoms with Crippen LogP contribution in [-0.4, -0.2) is 6.29 Å². The van der Waals surface area contributed by atoms with E-state index in [1.165, 1.54) is 0 Å². The van der Waals surface area contributed by atoms with E-state index in [-0.39, 0.29) is 11.7 Å². The Morgan fingerprint density at radius 2 is 2.29 bits per heavy atom. The van der Waals surface area contributed by atoms with Crippen molar-refractivity contribution in [3.8, 4) is 0 Å². The molecule has 0 fully saturated rings. The van der Waals surface area contributed by atoms with Gasteiger partial charge >= 0.3 is 0 Å². The van der Waals surface area contributed by atoms with Crippen LogP contribution in [0.25, 0.3) is 0 Å². The molecular formula is C12H13FO. The van der Waals surface area contributed by atoms with Crippen LogP contribution in [0, 0.1) is 12.7 Å². The molecule has 0 saturated heterocycles. The molecule has 2 heteroatoms. The van der Waals surface area contributed by atoms with Gasteiger partial charge in [0.25, 0.3) is 0 Å². The van der Waals surface area contributed by atoms with Crippen LogP contribution in [0.4, 0.5) is 4.39 Å². The van der Waals surface area contributed by atoms with Gasteiger partial charge in [-0.2, -0.15) is 0 Å². The number of halogens is 1. The number of benzene rings is 1. The molecule has 0 heterocycles. The number of carbonyl (C=O) groups excluding carboxylic acids is 1. The van der Waals surface area contributed by atoms with E-state index in [1.54, 1.807) is 6.07 Å². The summed E-state index contributed by atoms with van der Waals surface area (Å²) in [6, 6.07) is 3.49. The van der Waals surface area contributed by atoms with Crippen LogP contribution in [0.5, 0.6) is 0 Å². The molecule has 0 bridgehead atoms. The van der Waals surface area contributed by atoms with Crippen LogP contribution in [0.2, 0.25) is 0 Å². The number of fused-ring (bicyclic) bond motifs is 1. The molecule has 0 saturated carbocycles. The van der Waals surface area contributed by atoms with Gasteiger partial charge in [-0.15, -0.1) is 0 Å². The summed E-state index contributed by atoms with van der Waals surface area (Å²) in [6.45, 7) is 1.86. The topological polar surface area (TPSA) is 17.1 Å². The molecule has 1 atom stereocenters. The summed E-state index contributed by atoms with van der Waals surface area (Å²) >= 11 is 0. The Labute approximate surface area is 82.9 Å².